The van der Waals surface area contributed by atoms with Crippen molar-refractivity contribution in [3.8, 4) is 27.9 Å². The second-order valence-corrected chi connectivity index (χ2v) is 9.73. The van der Waals surface area contributed by atoms with Gasteiger partial charge in [-0.1, -0.05) is 17.7 Å². The molecule has 212 valence electrons. The van der Waals surface area contributed by atoms with E-state index in [4.69, 9.17) is 11.6 Å². The number of halogens is 5. The van der Waals surface area contributed by atoms with Gasteiger partial charge in [0.25, 0.3) is 0 Å². The van der Waals surface area contributed by atoms with Crippen LogP contribution in [0.3, 0.4) is 0 Å². The van der Waals surface area contributed by atoms with E-state index < -0.39 is 23.7 Å². The smallest absolute Gasteiger partial charge is 0.276 e. The van der Waals surface area contributed by atoms with Crippen LogP contribution in [-0.2, 0) is 19.6 Å². The van der Waals surface area contributed by atoms with Crippen LogP contribution in [0.5, 0.6) is 0 Å². The van der Waals surface area contributed by atoms with Crippen LogP contribution in [0.15, 0.2) is 79.8 Å². The molecule has 0 aliphatic carbocycles. The molecule has 15 heteroatoms. The molecule has 0 bridgehead atoms. The minimum Gasteiger partial charge on any atom is -0.276 e. The molecule has 42 heavy (non-hydrogen) atoms. The lowest BCUT2D eigenvalue weighted by molar-refractivity contribution is -0.141. The van der Waals surface area contributed by atoms with Crippen molar-refractivity contribution in [1.82, 2.24) is 49.7 Å². The third-order valence-corrected chi connectivity index (χ3v) is 6.85. The molecule has 0 saturated carbocycles. The van der Waals surface area contributed by atoms with Gasteiger partial charge in [0.05, 0.1) is 34.3 Å². The molecule has 6 rings (SSSR count). The molecule has 0 spiro atoms. The molecule has 10 nitrogen and oxygen atoms in total. The van der Waals surface area contributed by atoms with Crippen molar-refractivity contribution in [2.75, 3.05) is 0 Å². The number of benzene rings is 1. The highest BCUT2D eigenvalue weighted by Gasteiger charge is 2.32. The molecule has 0 aliphatic rings. The Bertz CT molecular complexity index is 1850. The van der Waals surface area contributed by atoms with Gasteiger partial charge in [0.1, 0.15) is 12.0 Å². The number of pyridine rings is 2. The summed E-state index contributed by atoms with van der Waals surface area (Å²) >= 11 is 6.10. The molecule has 0 unspecified atom stereocenters. The molecule has 5 heterocycles. The standard InChI is InChI=1S/C27H19ClF4N10/c1-40-9-7-19(37-40)11-23(41-14-18(13-36-41)16-6-8-33-24(10-16)27(30,31)32)21-4-2-17(12-34-21)25-22(42-15-35-38-39-42)5-3-20(28)26(25)29/h2-10,12-15,23H,11H2,1H3/t23-/m0/s1. The SMILES string of the molecule is Cn1ccc(C[C@@H](c2ccc(-c3c(-n4cnnn4)ccc(Cl)c3F)cn2)n2cc(-c3ccnc(C(F)(F)F)c3)cn2)n1. The Balaban J connectivity index is 1.38. The summed E-state index contributed by atoms with van der Waals surface area (Å²) in [6.45, 7) is 0. The Morgan fingerprint density at radius 2 is 1.83 bits per heavy atom. The largest absolute Gasteiger partial charge is 0.433 e. The van der Waals surface area contributed by atoms with Crippen molar-refractivity contribution in [2.45, 2.75) is 18.6 Å². The molecule has 0 aliphatic heterocycles. The molecule has 5 aromatic heterocycles. The first kappa shape index (κ1) is 27.2. The molecule has 6 aromatic rings. The Hall–Kier alpha value is -4.98. The highest BCUT2D eigenvalue weighted by Crippen LogP contribution is 2.34. The van der Waals surface area contributed by atoms with Crippen LogP contribution in [-0.4, -0.2) is 49.7 Å². The first-order chi connectivity index (χ1) is 20.2. The lowest BCUT2D eigenvalue weighted by atomic mass is 10.0. The summed E-state index contributed by atoms with van der Waals surface area (Å²) in [5.41, 5.74) is 2.06. The van der Waals surface area contributed by atoms with E-state index in [9.17, 15) is 13.2 Å². The van der Waals surface area contributed by atoms with Crippen LogP contribution >= 0.6 is 11.6 Å². The first-order valence-electron chi connectivity index (χ1n) is 12.4. The fourth-order valence-corrected chi connectivity index (χ4v) is 4.71. The fraction of sp³-hybridized carbons (Fsp3) is 0.148. The monoisotopic (exact) mass is 594 g/mol. The highest BCUT2D eigenvalue weighted by atomic mass is 35.5. The Morgan fingerprint density at radius 3 is 2.52 bits per heavy atom. The van der Waals surface area contributed by atoms with Crippen molar-refractivity contribution in [1.29, 1.82) is 0 Å². The second-order valence-electron chi connectivity index (χ2n) is 9.32. The highest BCUT2D eigenvalue weighted by molar-refractivity contribution is 6.31. The van der Waals surface area contributed by atoms with Gasteiger partial charge in [-0.25, -0.2) is 4.39 Å². The zero-order chi connectivity index (χ0) is 29.4. The molecule has 1 aromatic carbocycles. The Labute approximate surface area is 240 Å². The average molecular weight is 595 g/mol. The van der Waals surface area contributed by atoms with Gasteiger partial charge in [0, 0.05) is 54.9 Å². The maximum absolute atomic E-state index is 15.3. The normalized spacial score (nSPS) is 12.5. The summed E-state index contributed by atoms with van der Waals surface area (Å²) in [6.07, 6.45) is 4.68. The molecule has 0 radical (unpaired) electrons. The number of tetrazole rings is 1. The molecule has 1 atom stereocenters. The second kappa shape index (κ2) is 10.8. The number of aromatic nitrogens is 10. The number of aryl methyl sites for hydroxylation is 1. The van der Waals surface area contributed by atoms with Crippen LogP contribution in [0.4, 0.5) is 17.6 Å². The summed E-state index contributed by atoms with van der Waals surface area (Å²) in [5.74, 6) is -0.656. The number of alkyl halides is 3. The van der Waals surface area contributed by atoms with Gasteiger partial charge in [-0.2, -0.15) is 28.1 Å². The van der Waals surface area contributed by atoms with Gasteiger partial charge >= 0.3 is 6.18 Å². The average Bonchev–Trinajstić information content (AvgIpc) is 3.76. The lowest BCUT2D eigenvalue weighted by Gasteiger charge is -2.17. The summed E-state index contributed by atoms with van der Waals surface area (Å²) in [7, 11) is 1.79. The molecular formula is C27H19ClF4N10. The van der Waals surface area contributed by atoms with Gasteiger partial charge in [-0.05, 0) is 52.4 Å². The van der Waals surface area contributed by atoms with Crippen LogP contribution in [0, 0.1) is 5.82 Å². The van der Waals surface area contributed by atoms with E-state index >= 15 is 4.39 Å². The minimum absolute atomic E-state index is 0.0761. The van der Waals surface area contributed by atoms with Crippen molar-refractivity contribution in [3.05, 3.63) is 108 Å². The third kappa shape index (κ3) is 5.35. The van der Waals surface area contributed by atoms with Crippen LogP contribution in [0.1, 0.15) is 23.1 Å². The quantitative estimate of drug-likeness (QED) is 0.229. The van der Waals surface area contributed by atoms with Crippen molar-refractivity contribution < 1.29 is 17.6 Å². The topological polar surface area (TPSA) is 105 Å². The van der Waals surface area contributed by atoms with Gasteiger partial charge < -0.3 is 0 Å². The maximum Gasteiger partial charge on any atom is 0.433 e. The van der Waals surface area contributed by atoms with E-state index in [1.54, 1.807) is 47.0 Å². The van der Waals surface area contributed by atoms with Crippen molar-refractivity contribution in [3.63, 3.8) is 0 Å². The van der Waals surface area contributed by atoms with Gasteiger partial charge in [-0.15, -0.1) is 5.10 Å². The molecule has 0 N–H and O–H groups in total. The van der Waals surface area contributed by atoms with Crippen molar-refractivity contribution >= 4 is 11.6 Å². The summed E-state index contributed by atoms with van der Waals surface area (Å²) in [4.78, 5) is 8.06. The van der Waals surface area contributed by atoms with E-state index in [1.807, 2.05) is 6.07 Å². The third-order valence-electron chi connectivity index (χ3n) is 6.56. The maximum atomic E-state index is 15.3. The number of nitrogens with zero attached hydrogens (tertiary/aromatic N) is 10. The van der Waals surface area contributed by atoms with E-state index in [2.05, 4.69) is 35.7 Å². The van der Waals surface area contributed by atoms with E-state index in [0.29, 0.717) is 34.5 Å². The van der Waals surface area contributed by atoms with Crippen LogP contribution in [0.2, 0.25) is 5.02 Å². The Kier molecular flexibility index (Phi) is 6.98. The number of hydrogen-bond acceptors (Lipinski definition) is 7. The van der Waals surface area contributed by atoms with E-state index in [0.717, 1.165) is 18.0 Å². The zero-order valence-corrected chi connectivity index (χ0v) is 22.4. The minimum atomic E-state index is -4.58. The van der Waals surface area contributed by atoms with Crippen LogP contribution in [0.25, 0.3) is 27.9 Å². The van der Waals surface area contributed by atoms with Crippen LogP contribution < -0.4 is 0 Å². The Morgan fingerprint density at radius 1 is 0.976 bits per heavy atom. The predicted octanol–water partition coefficient (Wildman–Crippen LogP) is 5.36. The summed E-state index contributed by atoms with van der Waals surface area (Å²) in [5, 5.41) is 19.9. The summed E-state index contributed by atoms with van der Waals surface area (Å²) in [6, 6.07) is 10.3. The summed E-state index contributed by atoms with van der Waals surface area (Å²) < 4.78 is 59.6. The first-order valence-corrected chi connectivity index (χ1v) is 12.8. The van der Waals surface area contributed by atoms with E-state index in [-0.39, 0.29) is 10.6 Å². The number of rotatable bonds is 7. The van der Waals surface area contributed by atoms with Gasteiger partial charge in [0.15, 0.2) is 5.82 Å². The van der Waals surface area contributed by atoms with E-state index in [1.165, 1.54) is 35.5 Å². The van der Waals surface area contributed by atoms with Gasteiger partial charge in [0.2, 0.25) is 0 Å². The molecular weight excluding hydrogens is 576 g/mol. The molecule has 0 amide bonds. The molecule has 0 saturated heterocycles. The van der Waals surface area contributed by atoms with Crippen molar-refractivity contribution in [2.24, 2.45) is 7.05 Å². The number of hydrogen-bond donors (Lipinski definition) is 0. The lowest BCUT2D eigenvalue weighted by Crippen LogP contribution is -2.16. The predicted molar refractivity (Wildman–Crippen MR) is 143 cm³/mol. The zero-order valence-electron chi connectivity index (χ0n) is 21.7. The fourth-order valence-electron chi connectivity index (χ4n) is 4.55. The molecule has 0 fully saturated rings. The van der Waals surface area contributed by atoms with Gasteiger partial charge in [-0.3, -0.25) is 19.3 Å².